The number of rotatable bonds is 5. The molecule has 1 saturated carbocycles. The molecule has 214 valence electrons. The van der Waals surface area contributed by atoms with Crippen LogP contribution in [0, 0.1) is 11.8 Å². The molecule has 0 bridgehead atoms. The van der Waals surface area contributed by atoms with Crippen molar-refractivity contribution in [2.45, 2.75) is 76.6 Å². The summed E-state index contributed by atoms with van der Waals surface area (Å²) in [5.74, 6) is -0.0849. The van der Waals surface area contributed by atoms with Crippen LogP contribution in [0.1, 0.15) is 74.8 Å². The molecule has 1 aliphatic carbocycles. The molecule has 8 nitrogen and oxygen atoms in total. The number of carbonyl (C=O) groups is 3. The highest BCUT2D eigenvalue weighted by atomic mass is 16.6. The van der Waals surface area contributed by atoms with Gasteiger partial charge in [0.15, 0.2) is 0 Å². The van der Waals surface area contributed by atoms with Gasteiger partial charge in [0.2, 0.25) is 5.91 Å². The highest BCUT2D eigenvalue weighted by molar-refractivity contribution is 5.95. The lowest BCUT2D eigenvalue weighted by Crippen LogP contribution is -2.51. The summed E-state index contributed by atoms with van der Waals surface area (Å²) in [6.07, 6.45) is 4.06. The summed E-state index contributed by atoms with van der Waals surface area (Å²) in [5.41, 5.74) is 2.17. The van der Waals surface area contributed by atoms with E-state index in [9.17, 15) is 14.4 Å². The first kappa shape index (κ1) is 28.0. The second-order valence-electron chi connectivity index (χ2n) is 12.5. The number of ether oxygens (including phenoxy) is 1. The van der Waals surface area contributed by atoms with Crippen LogP contribution in [0.3, 0.4) is 0 Å². The molecule has 0 spiro atoms. The molecule has 2 fully saturated rings. The van der Waals surface area contributed by atoms with E-state index in [0.717, 1.165) is 43.4 Å². The van der Waals surface area contributed by atoms with Crippen LogP contribution >= 0.6 is 0 Å². The van der Waals surface area contributed by atoms with Gasteiger partial charge in [0.25, 0.3) is 5.91 Å². The maximum absolute atomic E-state index is 14.3. The van der Waals surface area contributed by atoms with Crippen molar-refractivity contribution in [3.63, 3.8) is 0 Å². The average Bonchev–Trinajstić information content (AvgIpc) is 3.38. The van der Waals surface area contributed by atoms with Gasteiger partial charge in [-0.3, -0.25) is 9.59 Å². The van der Waals surface area contributed by atoms with Crippen molar-refractivity contribution in [1.82, 2.24) is 15.1 Å². The SMILES string of the molecule is CN(C[C@@H]1Nc2ccccc2[C@H]2[C@@H]1CCN2C(=O)[C@H]1CCCC[C@H]1NC(=O)c1ccccc1)C(=O)OC(C)(C)C. The number of anilines is 1. The molecular weight excluding hydrogens is 504 g/mol. The zero-order valence-electron chi connectivity index (χ0n) is 24.1. The number of likely N-dealkylation sites (N-methyl/N-ethyl adjacent to an activating group) is 1. The molecule has 8 heteroatoms. The average molecular weight is 547 g/mol. The van der Waals surface area contributed by atoms with Crippen molar-refractivity contribution < 1.29 is 19.1 Å². The van der Waals surface area contributed by atoms with Crippen LogP contribution in [0.4, 0.5) is 10.5 Å². The van der Waals surface area contributed by atoms with E-state index in [1.165, 1.54) is 0 Å². The van der Waals surface area contributed by atoms with Crippen molar-refractivity contribution >= 4 is 23.6 Å². The molecule has 2 N–H and O–H groups in total. The minimum Gasteiger partial charge on any atom is -0.444 e. The topological polar surface area (TPSA) is 91.0 Å². The third-order valence-corrected chi connectivity index (χ3v) is 8.48. The molecule has 3 aliphatic rings. The fraction of sp³-hybridized carbons (Fsp3) is 0.531. The van der Waals surface area contributed by atoms with E-state index in [1.807, 2.05) is 51.1 Å². The molecule has 2 aromatic rings. The molecule has 5 rings (SSSR count). The second-order valence-corrected chi connectivity index (χ2v) is 12.5. The van der Waals surface area contributed by atoms with Crippen LogP contribution < -0.4 is 10.6 Å². The summed E-state index contributed by atoms with van der Waals surface area (Å²) < 4.78 is 5.60. The number of hydrogen-bond acceptors (Lipinski definition) is 5. The fourth-order valence-electron chi connectivity index (χ4n) is 6.62. The van der Waals surface area contributed by atoms with Crippen molar-refractivity contribution in [3.8, 4) is 0 Å². The van der Waals surface area contributed by atoms with E-state index in [4.69, 9.17) is 4.74 Å². The minimum absolute atomic E-state index is 0.0184. The lowest BCUT2D eigenvalue weighted by molar-refractivity contribution is -0.138. The Balaban J connectivity index is 1.35. The van der Waals surface area contributed by atoms with Crippen LogP contribution in [-0.4, -0.2) is 65.5 Å². The standard InChI is InChI=1S/C32H42N4O4/c1-32(2,3)40-31(39)35(4)20-27-23-18-19-36(28(23)22-14-8-10-16-25(22)33-27)30(38)24-15-9-11-17-26(24)34-29(37)21-12-6-5-7-13-21/h5-8,10,12-14,16,23-24,26-28,33H,9,11,15,17-20H2,1-4H3,(H,34,37)/t23-,24+,26-,27+,28+/m1/s1. The zero-order valence-corrected chi connectivity index (χ0v) is 24.1. The highest BCUT2D eigenvalue weighted by Gasteiger charge is 2.48. The van der Waals surface area contributed by atoms with Crippen LogP contribution in [-0.2, 0) is 9.53 Å². The van der Waals surface area contributed by atoms with Gasteiger partial charge in [-0.2, -0.15) is 0 Å². The molecule has 1 saturated heterocycles. The largest absolute Gasteiger partial charge is 0.444 e. The van der Waals surface area contributed by atoms with Gasteiger partial charge in [0, 0.05) is 49.4 Å². The van der Waals surface area contributed by atoms with Crippen LogP contribution in [0.15, 0.2) is 54.6 Å². The van der Waals surface area contributed by atoms with E-state index in [0.29, 0.717) is 18.7 Å². The second kappa shape index (κ2) is 11.5. The Kier molecular flexibility index (Phi) is 8.06. The Morgan fingerprint density at radius 3 is 2.45 bits per heavy atom. The van der Waals surface area contributed by atoms with Gasteiger partial charge in [0.1, 0.15) is 5.60 Å². The molecule has 5 atom stereocenters. The smallest absolute Gasteiger partial charge is 0.410 e. The first-order chi connectivity index (χ1) is 19.1. The molecular formula is C32H42N4O4. The number of nitrogens with one attached hydrogen (secondary N) is 2. The van der Waals surface area contributed by atoms with Gasteiger partial charge in [-0.15, -0.1) is 0 Å². The third kappa shape index (κ3) is 5.96. The number of likely N-dealkylation sites (tertiary alicyclic amines) is 1. The van der Waals surface area contributed by atoms with Gasteiger partial charge >= 0.3 is 6.09 Å². The molecule has 0 radical (unpaired) electrons. The van der Waals surface area contributed by atoms with E-state index in [2.05, 4.69) is 27.7 Å². The molecule has 2 aromatic carbocycles. The van der Waals surface area contributed by atoms with Gasteiger partial charge in [-0.25, -0.2) is 4.79 Å². The van der Waals surface area contributed by atoms with E-state index in [-0.39, 0.29) is 47.9 Å². The fourth-order valence-corrected chi connectivity index (χ4v) is 6.62. The van der Waals surface area contributed by atoms with Gasteiger partial charge in [-0.05, 0) is 63.8 Å². The van der Waals surface area contributed by atoms with Crippen LogP contribution in [0.25, 0.3) is 0 Å². The van der Waals surface area contributed by atoms with Crippen molar-refractivity contribution in [1.29, 1.82) is 0 Å². The normalized spacial score (nSPS) is 25.7. The Morgan fingerprint density at radius 2 is 1.70 bits per heavy atom. The molecule has 2 heterocycles. The van der Waals surface area contributed by atoms with Crippen LogP contribution in [0.5, 0.6) is 0 Å². The lowest BCUT2D eigenvalue weighted by atomic mass is 9.80. The molecule has 0 aromatic heterocycles. The third-order valence-electron chi connectivity index (χ3n) is 8.48. The number of carbonyl (C=O) groups excluding carboxylic acids is 3. The predicted octanol–water partition coefficient (Wildman–Crippen LogP) is 5.23. The maximum atomic E-state index is 14.3. The molecule has 3 amide bonds. The number of fused-ring (bicyclic) bond motifs is 3. The van der Waals surface area contributed by atoms with Gasteiger partial charge in [-0.1, -0.05) is 49.2 Å². The zero-order chi connectivity index (χ0) is 28.4. The molecule has 2 aliphatic heterocycles. The van der Waals surface area contributed by atoms with E-state index >= 15 is 0 Å². The number of amides is 3. The van der Waals surface area contributed by atoms with Gasteiger partial charge < -0.3 is 25.2 Å². The van der Waals surface area contributed by atoms with E-state index in [1.54, 1.807) is 24.1 Å². The van der Waals surface area contributed by atoms with Crippen molar-refractivity contribution in [2.24, 2.45) is 11.8 Å². The predicted molar refractivity (Wildman–Crippen MR) is 155 cm³/mol. The summed E-state index contributed by atoms with van der Waals surface area (Å²) >= 11 is 0. The van der Waals surface area contributed by atoms with Crippen molar-refractivity contribution in [2.75, 3.05) is 25.5 Å². The minimum atomic E-state index is -0.566. The first-order valence-corrected chi connectivity index (χ1v) is 14.6. The van der Waals surface area contributed by atoms with E-state index < -0.39 is 5.60 Å². The number of benzene rings is 2. The Labute approximate surface area is 237 Å². The summed E-state index contributed by atoms with van der Waals surface area (Å²) in [7, 11) is 1.77. The monoisotopic (exact) mass is 546 g/mol. The Bertz CT molecular complexity index is 1230. The summed E-state index contributed by atoms with van der Waals surface area (Å²) in [5, 5.41) is 6.85. The highest BCUT2D eigenvalue weighted by Crippen LogP contribution is 2.47. The molecule has 0 unspecified atom stereocenters. The summed E-state index contributed by atoms with van der Waals surface area (Å²) in [6.45, 7) is 6.74. The van der Waals surface area contributed by atoms with Crippen molar-refractivity contribution in [3.05, 3.63) is 65.7 Å². The molecule has 40 heavy (non-hydrogen) atoms. The quantitative estimate of drug-likeness (QED) is 0.536. The Hall–Kier alpha value is -3.55. The Morgan fingerprint density at radius 1 is 1.00 bits per heavy atom. The lowest BCUT2D eigenvalue weighted by Gasteiger charge is -2.42. The maximum Gasteiger partial charge on any atom is 0.410 e. The number of para-hydroxylation sites is 1. The first-order valence-electron chi connectivity index (χ1n) is 14.6. The summed E-state index contributed by atoms with van der Waals surface area (Å²) in [6, 6.07) is 17.1. The van der Waals surface area contributed by atoms with Crippen LogP contribution in [0.2, 0.25) is 0 Å². The summed E-state index contributed by atoms with van der Waals surface area (Å²) in [4.78, 5) is 43.7. The number of nitrogens with zero attached hydrogens (tertiary/aromatic N) is 2. The van der Waals surface area contributed by atoms with Gasteiger partial charge in [0.05, 0.1) is 12.0 Å². The number of hydrogen-bond donors (Lipinski definition) is 2.